The zero-order chi connectivity index (χ0) is 17.7. The summed E-state index contributed by atoms with van der Waals surface area (Å²) in [5.41, 5.74) is -1.21. The van der Waals surface area contributed by atoms with E-state index in [1.807, 2.05) is 0 Å². The van der Waals surface area contributed by atoms with Gasteiger partial charge in [0, 0.05) is 19.2 Å². The number of carbonyl (C=O) groups is 1. The molecule has 2 atom stereocenters. The Hall–Kier alpha value is -2.77. The summed E-state index contributed by atoms with van der Waals surface area (Å²) in [7, 11) is 2.49. The molecule has 1 N–H and O–H groups in total. The number of hydrogen-bond donors (Lipinski definition) is 1. The molecule has 7 nitrogen and oxygen atoms in total. The average Bonchev–Trinajstić information content (AvgIpc) is 2.63. The predicted molar refractivity (Wildman–Crippen MR) is 85.2 cm³/mol. The molecule has 7 heteroatoms. The number of esters is 1. The van der Waals surface area contributed by atoms with Crippen LogP contribution in [0.4, 0.5) is 5.69 Å². The summed E-state index contributed by atoms with van der Waals surface area (Å²) in [6.07, 6.45) is -1.42. The molecule has 0 aromatic heterocycles. The summed E-state index contributed by atoms with van der Waals surface area (Å²) < 4.78 is 10.2. The first-order chi connectivity index (χ1) is 11.5. The van der Waals surface area contributed by atoms with Crippen LogP contribution in [0.2, 0.25) is 0 Å². The van der Waals surface area contributed by atoms with Gasteiger partial charge in [0.1, 0.15) is 6.10 Å². The zero-order valence-corrected chi connectivity index (χ0v) is 13.2. The molecular weight excluding hydrogens is 314 g/mol. The van der Waals surface area contributed by atoms with Crippen LogP contribution in [-0.2, 0) is 19.9 Å². The van der Waals surface area contributed by atoms with E-state index in [4.69, 9.17) is 9.47 Å². The summed E-state index contributed by atoms with van der Waals surface area (Å²) in [5, 5.41) is 21.6. The van der Waals surface area contributed by atoms with Crippen LogP contribution in [0.3, 0.4) is 0 Å². The first kappa shape index (κ1) is 17.6. The molecule has 0 radical (unpaired) electrons. The molecule has 126 valence electrons. The number of methoxy groups -OCH3 is 2. The predicted octanol–water partition coefficient (Wildman–Crippen LogP) is 2.34. The van der Waals surface area contributed by atoms with E-state index in [0.717, 1.165) is 0 Å². The van der Waals surface area contributed by atoms with E-state index in [1.165, 1.54) is 38.5 Å². The number of nitro groups is 1. The maximum absolute atomic E-state index is 12.4. The first-order valence-electron chi connectivity index (χ1n) is 7.09. The van der Waals surface area contributed by atoms with Crippen molar-refractivity contribution in [3.8, 4) is 0 Å². The van der Waals surface area contributed by atoms with Crippen molar-refractivity contribution in [3.05, 3.63) is 75.8 Å². The molecule has 0 unspecified atom stereocenters. The Kier molecular flexibility index (Phi) is 5.28. The van der Waals surface area contributed by atoms with Crippen LogP contribution < -0.4 is 0 Å². The minimum atomic E-state index is -1.79. The number of benzene rings is 2. The number of aliphatic hydroxyl groups excluding tert-OH is 1. The fourth-order valence-electron chi connectivity index (χ4n) is 2.55. The van der Waals surface area contributed by atoms with Crippen molar-refractivity contribution in [3.63, 3.8) is 0 Å². The summed E-state index contributed by atoms with van der Waals surface area (Å²) >= 11 is 0. The van der Waals surface area contributed by atoms with Gasteiger partial charge in [-0.2, -0.15) is 0 Å². The van der Waals surface area contributed by atoms with E-state index >= 15 is 0 Å². The van der Waals surface area contributed by atoms with Gasteiger partial charge in [-0.25, -0.2) is 4.79 Å². The molecule has 0 saturated carbocycles. The minimum absolute atomic E-state index is 0.119. The third-order valence-corrected chi connectivity index (χ3v) is 3.82. The Morgan fingerprint density at radius 1 is 1.12 bits per heavy atom. The fourth-order valence-corrected chi connectivity index (χ4v) is 2.55. The van der Waals surface area contributed by atoms with Crippen LogP contribution in [0.25, 0.3) is 0 Å². The van der Waals surface area contributed by atoms with E-state index in [2.05, 4.69) is 0 Å². The second kappa shape index (κ2) is 7.20. The van der Waals surface area contributed by atoms with Crippen LogP contribution in [0.1, 0.15) is 17.2 Å². The van der Waals surface area contributed by atoms with E-state index in [-0.39, 0.29) is 11.3 Å². The van der Waals surface area contributed by atoms with Gasteiger partial charge in [0.15, 0.2) is 0 Å². The Balaban J connectivity index is 2.54. The third-order valence-electron chi connectivity index (χ3n) is 3.82. The molecule has 0 fully saturated rings. The van der Waals surface area contributed by atoms with Crippen LogP contribution >= 0.6 is 0 Å². The molecule has 0 aliphatic heterocycles. The molecule has 0 heterocycles. The third kappa shape index (κ3) is 2.99. The molecule has 0 saturated heterocycles. The van der Waals surface area contributed by atoms with Gasteiger partial charge in [-0.1, -0.05) is 30.3 Å². The van der Waals surface area contributed by atoms with E-state index < -0.39 is 22.6 Å². The Morgan fingerprint density at radius 3 is 2.17 bits per heavy atom. The Bertz CT molecular complexity index is 716. The standard InChI is InChI=1S/C17H17NO6/c1-23-16(20)17(24-2,13-6-4-3-5-7-13)15(19)12-8-10-14(11-9-12)18(21)22/h3-11,15,19H,1-2H3/t15-,17-/m0/s1. The van der Waals surface area contributed by atoms with Crippen molar-refractivity contribution < 1.29 is 24.3 Å². The second-order valence-electron chi connectivity index (χ2n) is 5.05. The normalized spacial score (nSPS) is 14.5. The lowest BCUT2D eigenvalue weighted by molar-refractivity contribution is -0.384. The van der Waals surface area contributed by atoms with Gasteiger partial charge in [0.2, 0.25) is 5.60 Å². The quantitative estimate of drug-likeness (QED) is 0.495. The lowest BCUT2D eigenvalue weighted by Crippen LogP contribution is -2.44. The largest absolute Gasteiger partial charge is 0.467 e. The Morgan fingerprint density at radius 2 is 1.71 bits per heavy atom. The van der Waals surface area contributed by atoms with Crippen molar-refractivity contribution in [2.24, 2.45) is 0 Å². The van der Waals surface area contributed by atoms with Gasteiger partial charge in [0.05, 0.1) is 12.0 Å². The molecule has 2 rings (SSSR count). The van der Waals surface area contributed by atoms with Gasteiger partial charge < -0.3 is 14.6 Å². The van der Waals surface area contributed by atoms with Gasteiger partial charge in [0.25, 0.3) is 5.69 Å². The highest BCUT2D eigenvalue weighted by Gasteiger charge is 2.49. The number of non-ortho nitro benzene ring substituents is 1. The highest BCUT2D eigenvalue weighted by Crippen LogP contribution is 2.39. The number of aliphatic hydroxyl groups is 1. The summed E-state index contributed by atoms with van der Waals surface area (Å²) in [6, 6.07) is 13.7. The average molecular weight is 331 g/mol. The number of hydrogen-bond acceptors (Lipinski definition) is 6. The number of carbonyl (C=O) groups excluding carboxylic acids is 1. The number of rotatable bonds is 6. The van der Waals surface area contributed by atoms with Gasteiger partial charge >= 0.3 is 5.97 Å². The lowest BCUT2D eigenvalue weighted by Gasteiger charge is -2.34. The molecule has 0 aliphatic carbocycles. The number of nitrogens with zero attached hydrogens (tertiary/aromatic N) is 1. The van der Waals surface area contributed by atoms with Crippen LogP contribution in [0.5, 0.6) is 0 Å². The molecular formula is C17H17NO6. The van der Waals surface area contributed by atoms with Crippen molar-refractivity contribution in [2.75, 3.05) is 14.2 Å². The topological polar surface area (TPSA) is 98.9 Å². The molecule has 2 aromatic rings. The van der Waals surface area contributed by atoms with Crippen molar-refractivity contribution in [1.29, 1.82) is 0 Å². The maximum atomic E-state index is 12.4. The van der Waals surface area contributed by atoms with Gasteiger partial charge in [-0.05, 0) is 23.3 Å². The summed E-state index contributed by atoms with van der Waals surface area (Å²) in [6.45, 7) is 0. The monoisotopic (exact) mass is 331 g/mol. The van der Waals surface area contributed by atoms with E-state index in [9.17, 15) is 20.0 Å². The molecule has 0 spiro atoms. The Labute approximate surface area is 138 Å². The van der Waals surface area contributed by atoms with Crippen molar-refractivity contribution in [2.45, 2.75) is 11.7 Å². The first-order valence-corrected chi connectivity index (χ1v) is 7.09. The highest BCUT2D eigenvalue weighted by atomic mass is 16.6. The van der Waals surface area contributed by atoms with Gasteiger partial charge in [-0.15, -0.1) is 0 Å². The minimum Gasteiger partial charge on any atom is -0.467 e. The van der Waals surface area contributed by atoms with Crippen LogP contribution in [-0.4, -0.2) is 30.2 Å². The SMILES string of the molecule is COC(=O)[C@](OC)(c1ccccc1)[C@@H](O)c1ccc([N+](=O)[O-])cc1. The van der Waals surface area contributed by atoms with Crippen molar-refractivity contribution in [1.82, 2.24) is 0 Å². The molecule has 0 bridgehead atoms. The smallest absolute Gasteiger partial charge is 0.345 e. The molecule has 24 heavy (non-hydrogen) atoms. The lowest BCUT2D eigenvalue weighted by atomic mass is 9.84. The number of ether oxygens (including phenoxy) is 2. The van der Waals surface area contributed by atoms with E-state index in [0.29, 0.717) is 5.56 Å². The number of nitro benzene ring substituents is 1. The summed E-state index contributed by atoms with van der Waals surface area (Å²) in [5.74, 6) is -0.776. The van der Waals surface area contributed by atoms with Crippen LogP contribution in [0, 0.1) is 10.1 Å². The van der Waals surface area contributed by atoms with E-state index in [1.54, 1.807) is 30.3 Å². The maximum Gasteiger partial charge on any atom is 0.345 e. The second-order valence-corrected chi connectivity index (χ2v) is 5.05. The summed E-state index contributed by atoms with van der Waals surface area (Å²) in [4.78, 5) is 22.7. The van der Waals surface area contributed by atoms with Gasteiger partial charge in [-0.3, -0.25) is 10.1 Å². The highest BCUT2D eigenvalue weighted by molar-refractivity contribution is 5.82. The molecule has 0 amide bonds. The zero-order valence-electron chi connectivity index (χ0n) is 13.2. The molecule has 0 aliphatic rings. The van der Waals surface area contributed by atoms with Crippen molar-refractivity contribution >= 4 is 11.7 Å². The van der Waals surface area contributed by atoms with Crippen LogP contribution in [0.15, 0.2) is 54.6 Å². The molecule has 2 aromatic carbocycles. The fraction of sp³-hybridized carbons (Fsp3) is 0.235.